The molecule has 0 fully saturated rings. The van der Waals surface area contributed by atoms with Crippen molar-refractivity contribution in [2.45, 2.75) is 32.9 Å². The molecule has 102 valence electrons. The largest absolute Gasteiger partial charge is 0.395 e. The van der Waals surface area contributed by atoms with Gasteiger partial charge < -0.3 is 10.4 Å². The van der Waals surface area contributed by atoms with Gasteiger partial charge in [-0.05, 0) is 25.1 Å². The topological polar surface area (TPSA) is 35.5 Å². The van der Waals surface area contributed by atoms with Gasteiger partial charge in [-0.3, -0.25) is 4.90 Å². The maximum Gasteiger partial charge on any atom is 0.0558 e. The quantitative estimate of drug-likeness (QED) is 0.657. The maximum atomic E-state index is 9.10. The van der Waals surface area contributed by atoms with Crippen LogP contribution in [0.25, 0.3) is 0 Å². The summed E-state index contributed by atoms with van der Waals surface area (Å²) >= 11 is 0. The van der Waals surface area contributed by atoms with Gasteiger partial charge in [0.05, 0.1) is 6.61 Å². The maximum absolute atomic E-state index is 9.10. The van der Waals surface area contributed by atoms with Crippen LogP contribution in [0, 0.1) is 0 Å². The van der Waals surface area contributed by atoms with E-state index in [9.17, 15) is 0 Å². The van der Waals surface area contributed by atoms with E-state index < -0.39 is 0 Å². The van der Waals surface area contributed by atoms with Crippen molar-refractivity contribution in [3.8, 4) is 0 Å². The molecule has 0 unspecified atom stereocenters. The van der Waals surface area contributed by atoms with E-state index in [0.717, 1.165) is 32.6 Å². The molecular formula is C15H26N2O. The Bertz CT molecular complexity index is 301. The zero-order chi connectivity index (χ0) is 13.2. The Morgan fingerprint density at radius 1 is 1.17 bits per heavy atom. The van der Waals surface area contributed by atoms with Gasteiger partial charge in [-0.2, -0.15) is 0 Å². The smallest absolute Gasteiger partial charge is 0.0558 e. The molecule has 0 saturated heterocycles. The van der Waals surface area contributed by atoms with E-state index in [0.29, 0.717) is 6.04 Å². The van der Waals surface area contributed by atoms with Crippen LogP contribution in [-0.4, -0.2) is 42.3 Å². The van der Waals surface area contributed by atoms with Crippen molar-refractivity contribution >= 4 is 0 Å². The lowest BCUT2D eigenvalue weighted by atomic mass is 10.2. The van der Waals surface area contributed by atoms with E-state index in [1.54, 1.807) is 0 Å². The molecule has 0 saturated carbocycles. The fraction of sp³-hybridized carbons (Fsp3) is 0.600. The van der Waals surface area contributed by atoms with E-state index in [-0.39, 0.29) is 6.61 Å². The van der Waals surface area contributed by atoms with Crippen LogP contribution in [0.15, 0.2) is 30.3 Å². The fourth-order valence-electron chi connectivity index (χ4n) is 1.95. The van der Waals surface area contributed by atoms with E-state index in [4.69, 9.17) is 5.11 Å². The Hall–Kier alpha value is -0.900. The molecular weight excluding hydrogens is 224 g/mol. The van der Waals surface area contributed by atoms with Crippen molar-refractivity contribution < 1.29 is 5.11 Å². The highest BCUT2D eigenvalue weighted by Crippen LogP contribution is 2.04. The third kappa shape index (κ3) is 6.74. The average Bonchev–Trinajstić information content (AvgIpc) is 2.36. The monoisotopic (exact) mass is 250 g/mol. The van der Waals surface area contributed by atoms with Gasteiger partial charge in [0.2, 0.25) is 0 Å². The number of rotatable bonds is 9. The summed E-state index contributed by atoms with van der Waals surface area (Å²) in [6.07, 6.45) is 1.12. The van der Waals surface area contributed by atoms with Crippen molar-refractivity contribution in [1.29, 1.82) is 0 Å². The Morgan fingerprint density at radius 3 is 2.50 bits per heavy atom. The predicted octanol–water partition coefficient (Wildman–Crippen LogP) is 1.87. The standard InChI is InChI=1S/C15H26N2O/c1-14(2)16-9-6-10-17(11-12-18)13-15-7-4-3-5-8-15/h3-5,7-8,14,16,18H,6,9-13H2,1-2H3. The Morgan fingerprint density at radius 2 is 1.89 bits per heavy atom. The molecule has 3 nitrogen and oxygen atoms in total. The molecule has 0 radical (unpaired) electrons. The summed E-state index contributed by atoms with van der Waals surface area (Å²) in [6, 6.07) is 11.0. The first-order valence-electron chi connectivity index (χ1n) is 6.83. The van der Waals surface area contributed by atoms with Gasteiger partial charge in [-0.15, -0.1) is 0 Å². The SMILES string of the molecule is CC(C)NCCCN(CCO)Cc1ccccc1. The third-order valence-corrected chi connectivity index (χ3v) is 2.87. The van der Waals surface area contributed by atoms with Gasteiger partial charge in [-0.1, -0.05) is 44.2 Å². The molecule has 1 aromatic rings. The van der Waals surface area contributed by atoms with Crippen LogP contribution in [0.5, 0.6) is 0 Å². The summed E-state index contributed by atoms with van der Waals surface area (Å²) in [5.41, 5.74) is 1.31. The molecule has 1 rings (SSSR count). The van der Waals surface area contributed by atoms with Crippen LogP contribution in [0.3, 0.4) is 0 Å². The number of aliphatic hydroxyl groups is 1. The Balaban J connectivity index is 2.31. The van der Waals surface area contributed by atoms with Gasteiger partial charge >= 0.3 is 0 Å². The molecule has 0 aliphatic carbocycles. The number of nitrogens with one attached hydrogen (secondary N) is 1. The first kappa shape index (κ1) is 15.2. The molecule has 0 bridgehead atoms. The number of nitrogens with zero attached hydrogens (tertiary/aromatic N) is 1. The van der Waals surface area contributed by atoms with Crippen LogP contribution >= 0.6 is 0 Å². The van der Waals surface area contributed by atoms with Crippen molar-refractivity contribution in [2.75, 3.05) is 26.2 Å². The van der Waals surface area contributed by atoms with Gasteiger partial charge in [0.15, 0.2) is 0 Å². The van der Waals surface area contributed by atoms with E-state index in [1.165, 1.54) is 5.56 Å². The second-order valence-corrected chi connectivity index (χ2v) is 4.95. The van der Waals surface area contributed by atoms with E-state index in [2.05, 4.69) is 48.3 Å². The zero-order valence-corrected chi connectivity index (χ0v) is 11.6. The number of hydrogen-bond donors (Lipinski definition) is 2. The first-order chi connectivity index (χ1) is 8.72. The van der Waals surface area contributed by atoms with Crippen LogP contribution < -0.4 is 5.32 Å². The molecule has 1 aromatic carbocycles. The molecule has 3 heteroatoms. The summed E-state index contributed by atoms with van der Waals surface area (Å²) < 4.78 is 0. The van der Waals surface area contributed by atoms with Crippen molar-refractivity contribution in [2.24, 2.45) is 0 Å². The first-order valence-corrected chi connectivity index (χ1v) is 6.83. The molecule has 0 atom stereocenters. The van der Waals surface area contributed by atoms with Crippen molar-refractivity contribution in [1.82, 2.24) is 10.2 Å². The minimum absolute atomic E-state index is 0.227. The molecule has 2 N–H and O–H groups in total. The highest BCUT2D eigenvalue weighted by Gasteiger charge is 2.05. The van der Waals surface area contributed by atoms with Gasteiger partial charge in [0, 0.05) is 19.1 Å². The number of hydrogen-bond acceptors (Lipinski definition) is 3. The normalized spacial score (nSPS) is 11.4. The van der Waals surface area contributed by atoms with Crippen LogP contribution in [0.1, 0.15) is 25.8 Å². The minimum Gasteiger partial charge on any atom is -0.395 e. The van der Waals surface area contributed by atoms with Crippen LogP contribution in [0.2, 0.25) is 0 Å². The van der Waals surface area contributed by atoms with Crippen LogP contribution in [0.4, 0.5) is 0 Å². The van der Waals surface area contributed by atoms with Gasteiger partial charge in [-0.25, -0.2) is 0 Å². The summed E-state index contributed by atoms with van der Waals surface area (Å²) in [5.74, 6) is 0. The Labute approximate surface area is 111 Å². The highest BCUT2D eigenvalue weighted by atomic mass is 16.3. The lowest BCUT2D eigenvalue weighted by Gasteiger charge is -2.21. The summed E-state index contributed by atoms with van der Waals surface area (Å²) in [7, 11) is 0. The number of aliphatic hydroxyl groups excluding tert-OH is 1. The zero-order valence-electron chi connectivity index (χ0n) is 11.6. The number of benzene rings is 1. The molecule has 18 heavy (non-hydrogen) atoms. The molecule has 0 aliphatic heterocycles. The average molecular weight is 250 g/mol. The van der Waals surface area contributed by atoms with E-state index >= 15 is 0 Å². The summed E-state index contributed by atoms with van der Waals surface area (Å²) in [5, 5.41) is 12.5. The lowest BCUT2D eigenvalue weighted by Crippen LogP contribution is -2.31. The molecule has 0 aliphatic rings. The second-order valence-electron chi connectivity index (χ2n) is 4.95. The second kappa shape index (κ2) is 9.09. The van der Waals surface area contributed by atoms with Crippen molar-refractivity contribution in [3.63, 3.8) is 0 Å². The fourth-order valence-corrected chi connectivity index (χ4v) is 1.95. The molecule has 0 aromatic heterocycles. The summed E-state index contributed by atoms with van der Waals surface area (Å²) in [4.78, 5) is 2.30. The van der Waals surface area contributed by atoms with Gasteiger partial charge in [0.1, 0.15) is 0 Å². The minimum atomic E-state index is 0.227. The Kier molecular flexibility index (Phi) is 7.65. The van der Waals surface area contributed by atoms with Gasteiger partial charge in [0.25, 0.3) is 0 Å². The molecule has 0 spiro atoms. The van der Waals surface area contributed by atoms with Crippen molar-refractivity contribution in [3.05, 3.63) is 35.9 Å². The van der Waals surface area contributed by atoms with Crippen LogP contribution in [-0.2, 0) is 6.54 Å². The summed E-state index contributed by atoms with van der Waals surface area (Å²) in [6.45, 7) is 8.28. The van der Waals surface area contributed by atoms with E-state index in [1.807, 2.05) is 6.07 Å². The molecule has 0 heterocycles. The lowest BCUT2D eigenvalue weighted by molar-refractivity contribution is 0.188. The predicted molar refractivity (Wildman–Crippen MR) is 76.6 cm³/mol. The molecule has 0 amide bonds. The highest BCUT2D eigenvalue weighted by molar-refractivity contribution is 5.14. The third-order valence-electron chi connectivity index (χ3n) is 2.87.